The van der Waals surface area contributed by atoms with Gasteiger partial charge in [-0.05, 0) is 42.3 Å². The van der Waals surface area contributed by atoms with Gasteiger partial charge < -0.3 is 24.2 Å². The molecule has 2 aliphatic rings. The summed E-state index contributed by atoms with van der Waals surface area (Å²) in [5.41, 5.74) is 1.17. The molecule has 0 aromatic heterocycles. The van der Waals surface area contributed by atoms with Gasteiger partial charge in [0.15, 0.2) is 11.5 Å². The number of aliphatic hydroxyl groups is 1. The van der Waals surface area contributed by atoms with Crippen LogP contribution in [0, 0.1) is 0 Å². The van der Waals surface area contributed by atoms with E-state index in [9.17, 15) is 14.7 Å². The molecule has 1 saturated heterocycles. The molecule has 2 aromatic rings. The molecule has 32 heavy (non-hydrogen) atoms. The van der Waals surface area contributed by atoms with Crippen LogP contribution >= 0.6 is 0 Å². The Morgan fingerprint density at radius 2 is 1.88 bits per heavy atom. The van der Waals surface area contributed by atoms with Gasteiger partial charge in [0.2, 0.25) is 0 Å². The zero-order chi connectivity index (χ0) is 22.7. The lowest BCUT2D eigenvalue weighted by Gasteiger charge is -2.25. The van der Waals surface area contributed by atoms with Gasteiger partial charge in [-0.15, -0.1) is 0 Å². The number of carbonyl (C=O) groups excluding carboxylic acids is 2. The standard InChI is InChI=1S/C25H27NO6/c1-3-4-5-11-26-22(16-7-6-8-18(14-16)30-2)21(24(28)25(26)29)23(27)17-9-10-19-20(15-17)32-13-12-31-19/h6-10,14-15,22,27H,3-5,11-13H2,1-2H3/b23-21-. The number of unbranched alkanes of at least 4 members (excludes halogenated alkanes) is 2. The maximum Gasteiger partial charge on any atom is 0.295 e. The van der Waals surface area contributed by atoms with Crippen LogP contribution in [0.2, 0.25) is 0 Å². The Kier molecular flexibility index (Phi) is 6.35. The number of aliphatic hydroxyl groups excluding tert-OH is 1. The smallest absolute Gasteiger partial charge is 0.295 e. The molecule has 0 bridgehead atoms. The first-order valence-electron chi connectivity index (χ1n) is 10.9. The van der Waals surface area contributed by atoms with Gasteiger partial charge in [-0.1, -0.05) is 31.9 Å². The second kappa shape index (κ2) is 9.34. The van der Waals surface area contributed by atoms with Gasteiger partial charge in [-0.25, -0.2) is 0 Å². The van der Waals surface area contributed by atoms with Crippen molar-refractivity contribution in [1.82, 2.24) is 4.90 Å². The predicted octanol–water partition coefficient (Wildman–Crippen LogP) is 4.08. The summed E-state index contributed by atoms with van der Waals surface area (Å²) in [6.07, 6.45) is 2.70. The summed E-state index contributed by atoms with van der Waals surface area (Å²) in [5, 5.41) is 11.2. The molecule has 168 valence electrons. The highest BCUT2D eigenvalue weighted by Gasteiger charge is 2.45. The van der Waals surface area contributed by atoms with E-state index in [-0.39, 0.29) is 11.3 Å². The molecular formula is C25H27NO6. The molecule has 0 saturated carbocycles. The molecule has 0 aliphatic carbocycles. The number of benzene rings is 2. The topological polar surface area (TPSA) is 85.3 Å². The normalized spacial score (nSPS) is 19.3. The minimum Gasteiger partial charge on any atom is -0.507 e. The van der Waals surface area contributed by atoms with E-state index in [1.165, 1.54) is 0 Å². The number of amides is 1. The fourth-order valence-corrected chi connectivity index (χ4v) is 4.15. The van der Waals surface area contributed by atoms with Crippen LogP contribution in [0.4, 0.5) is 0 Å². The maximum absolute atomic E-state index is 13.1. The third-order valence-corrected chi connectivity index (χ3v) is 5.77. The zero-order valence-corrected chi connectivity index (χ0v) is 18.3. The molecule has 1 N–H and O–H groups in total. The van der Waals surface area contributed by atoms with Crippen LogP contribution in [0.3, 0.4) is 0 Å². The molecule has 2 aliphatic heterocycles. The van der Waals surface area contributed by atoms with Crippen molar-refractivity contribution in [2.45, 2.75) is 32.2 Å². The van der Waals surface area contributed by atoms with Crippen LogP contribution in [0.1, 0.15) is 43.4 Å². The summed E-state index contributed by atoms with van der Waals surface area (Å²) in [5.74, 6) is 0.161. The van der Waals surface area contributed by atoms with Crippen molar-refractivity contribution in [3.8, 4) is 17.2 Å². The minimum atomic E-state index is -0.699. The summed E-state index contributed by atoms with van der Waals surface area (Å²) in [4.78, 5) is 27.6. The highest BCUT2D eigenvalue weighted by atomic mass is 16.6. The van der Waals surface area contributed by atoms with Gasteiger partial charge in [0, 0.05) is 12.1 Å². The second-order valence-electron chi connectivity index (χ2n) is 7.83. The van der Waals surface area contributed by atoms with Crippen molar-refractivity contribution in [2.75, 3.05) is 26.9 Å². The Bertz CT molecular complexity index is 1060. The first-order valence-corrected chi connectivity index (χ1v) is 10.9. The number of carbonyl (C=O) groups is 2. The average molecular weight is 437 g/mol. The minimum absolute atomic E-state index is 0.0661. The lowest BCUT2D eigenvalue weighted by atomic mass is 9.95. The molecule has 4 rings (SSSR count). The van der Waals surface area contributed by atoms with Crippen LogP contribution in [-0.2, 0) is 9.59 Å². The van der Waals surface area contributed by atoms with E-state index < -0.39 is 17.7 Å². The van der Waals surface area contributed by atoms with E-state index in [1.54, 1.807) is 42.3 Å². The van der Waals surface area contributed by atoms with Gasteiger partial charge in [-0.3, -0.25) is 9.59 Å². The molecule has 2 heterocycles. The Labute approximate surface area is 187 Å². The molecule has 7 nitrogen and oxygen atoms in total. The maximum atomic E-state index is 13.1. The lowest BCUT2D eigenvalue weighted by Crippen LogP contribution is -2.30. The summed E-state index contributed by atoms with van der Waals surface area (Å²) in [6.45, 7) is 3.37. The van der Waals surface area contributed by atoms with Crippen LogP contribution in [0.25, 0.3) is 5.76 Å². The number of rotatable bonds is 7. The Balaban J connectivity index is 1.81. The molecule has 0 radical (unpaired) electrons. The van der Waals surface area contributed by atoms with E-state index in [2.05, 4.69) is 6.92 Å². The molecule has 1 atom stereocenters. The quantitative estimate of drug-likeness (QED) is 0.304. The van der Waals surface area contributed by atoms with E-state index in [4.69, 9.17) is 14.2 Å². The van der Waals surface area contributed by atoms with Crippen LogP contribution in [0.15, 0.2) is 48.0 Å². The molecule has 0 spiro atoms. The highest BCUT2D eigenvalue weighted by molar-refractivity contribution is 6.46. The summed E-state index contributed by atoms with van der Waals surface area (Å²) in [7, 11) is 1.56. The van der Waals surface area contributed by atoms with Crippen molar-refractivity contribution in [3.63, 3.8) is 0 Å². The van der Waals surface area contributed by atoms with Gasteiger partial charge >= 0.3 is 0 Å². The van der Waals surface area contributed by atoms with Crippen molar-refractivity contribution in [3.05, 3.63) is 59.2 Å². The molecule has 7 heteroatoms. The number of ether oxygens (including phenoxy) is 3. The van der Waals surface area contributed by atoms with Crippen molar-refractivity contribution < 1.29 is 28.9 Å². The first kappa shape index (κ1) is 21.7. The van der Waals surface area contributed by atoms with Crippen LogP contribution in [0.5, 0.6) is 17.2 Å². The average Bonchev–Trinajstić information content (AvgIpc) is 3.08. The SMILES string of the molecule is CCCCCN1C(=O)C(=O)/C(=C(\O)c2ccc3c(c2)OCCO3)C1c1cccc(OC)c1. The van der Waals surface area contributed by atoms with E-state index in [0.717, 1.165) is 19.3 Å². The van der Waals surface area contributed by atoms with Crippen LogP contribution < -0.4 is 14.2 Å². The lowest BCUT2D eigenvalue weighted by molar-refractivity contribution is -0.139. The molecule has 2 aromatic carbocycles. The highest BCUT2D eigenvalue weighted by Crippen LogP contribution is 2.41. The molecule has 1 fully saturated rings. The summed E-state index contributed by atoms with van der Waals surface area (Å²) < 4.78 is 16.5. The van der Waals surface area contributed by atoms with E-state index >= 15 is 0 Å². The van der Waals surface area contributed by atoms with E-state index in [1.807, 2.05) is 12.1 Å². The van der Waals surface area contributed by atoms with E-state index in [0.29, 0.717) is 48.1 Å². The number of fused-ring (bicyclic) bond motifs is 1. The number of hydrogen-bond donors (Lipinski definition) is 1. The Morgan fingerprint density at radius 3 is 2.62 bits per heavy atom. The molecule has 1 amide bonds. The molecule has 1 unspecified atom stereocenters. The second-order valence-corrected chi connectivity index (χ2v) is 7.83. The summed E-state index contributed by atoms with van der Waals surface area (Å²) >= 11 is 0. The first-order chi connectivity index (χ1) is 15.5. The number of nitrogens with zero attached hydrogens (tertiary/aromatic N) is 1. The zero-order valence-electron chi connectivity index (χ0n) is 18.3. The van der Waals surface area contributed by atoms with Gasteiger partial charge in [-0.2, -0.15) is 0 Å². The predicted molar refractivity (Wildman–Crippen MR) is 119 cm³/mol. The third-order valence-electron chi connectivity index (χ3n) is 5.77. The van der Waals surface area contributed by atoms with Gasteiger partial charge in [0.1, 0.15) is 24.7 Å². The number of hydrogen-bond acceptors (Lipinski definition) is 6. The fraction of sp³-hybridized carbons (Fsp3) is 0.360. The largest absolute Gasteiger partial charge is 0.507 e. The van der Waals surface area contributed by atoms with Crippen molar-refractivity contribution >= 4 is 17.4 Å². The van der Waals surface area contributed by atoms with Crippen molar-refractivity contribution in [2.24, 2.45) is 0 Å². The Hall–Kier alpha value is -3.48. The number of ketones is 1. The Morgan fingerprint density at radius 1 is 1.09 bits per heavy atom. The number of methoxy groups -OCH3 is 1. The van der Waals surface area contributed by atoms with Crippen molar-refractivity contribution in [1.29, 1.82) is 0 Å². The fourth-order valence-electron chi connectivity index (χ4n) is 4.15. The molecular weight excluding hydrogens is 410 g/mol. The van der Waals surface area contributed by atoms with Crippen LogP contribution in [-0.4, -0.2) is 48.6 Å². The van der Waals surface area contributed by atoms with Gasteiger partial charge in [0.25, 0.3) is 11.7 Å². The van der Waals surface area contributed by atoms with Gasteiger partial charge in [0.05, 0.1) is 18.7 Å². The summed E-state index contributed by atoms with van der Waals surface area (Å²) in [6, 6.07) is 11.5. The monoisotopic (exact) mass is 437 g/mol. The third kappa shape index (κ3) is 4.02. The number of Topliss-reactive ketones (excluding diaryl/α,β-unsaturated/α-hetero) is 1. The number of likely N-dealkylation sites (tertiary alicyclic amines) is 1.